The Morgan fingerprint density at radius 1 is 0.767 bits per heavy atom. The average Bonchev–Trinajstić information content (AvgIpc) is 2.73. The van der Waals surface area contributed by atoms with Crippen molar-refractivity contribution in [2.75, 3.05) is 13.2 Å². The number of rotatable bonds is 14. The molecule has 0 unspecified atom stereocenters. The van der Waals surface area contributed by atoms with E-state index in [1.807, 2.05) is 25.1 Å². The van der Waals surface area contributed by atoms with Gasteiger partial charge in [0.25, 0.3) is 0 Å². The lowest BCUT2D eigenvalue weighted by molar-refractivity contribution is 0.269. The topological polar surface area (TPSA) is 30.5 Å². The van der Waals surface area contributed by atoms with Crippen molar-refractivity contribution in [3.8, 4) is 11.5 Å². The van der Waals surface area contributed by atoms with Crippen molar-refractivity contribution in [2.45, 2.75) is 65.5 Å². The highest BCUT2D eigenvalue weighted by molar-refractivity contribution is 6.42. The SMILES string of the molecule is CCCCCCCCNCc1cc(OCC)c(OCc2ccc(Cl)c(Cl)c2)cc1Cl. The molecule has 0 aliphatic carbocycles. The molecule has 0 amide bonds. The second kappa shape index (κ2) is 14.0. The van der Waals surface area contributed by atoms with Crippen LogP contribution in [0.3, 0.4) is 0 Å². The standard InChI is InChI=1S/C24H32Cl3NO2/c1-3-5-6-7-8-9-12-28-16-19-14-23(29-4-2)24(15-21(19)26)30-17-18-10-11-20(25)22(27)13-18/h10-11,13-15,28H,3-9,12,16-17H2,1-2H3. The molecule has 2 aromatic carbocycles. The molecule has 2 rings (SSSR count). The molecular formula is C24H32Cl3NO2. The summed E-state index contributed by atoms with van der Waals surface area (Å²) < 4.78 is 11.8. The lowest BCUT2D eigenvalue weighted by Gasteiger charge is -2.15. The van der Waals surface area contributed by atoms with Gasteiger partial charge in [-0.05, 0) is 49.2 Å². The van der Waals surface area contributed by atoms with Crippen molar-refractivity contribution in [2.24, 2.45) is 0 Å². The molecule has 3 nitrogen and oxygen atoms in total. The van der Waals surface area contributed by atoms with Crippen LogP contribution >= 0.6 is 34.8 Å². The van der Waals surface area contributed by atoms with Gasteiger partial charge in [-0.3, -0.25) is 0 Å². The minimum absolute atomic E-state index is 0.350. The highest BCUT2D eigenvalue weighted by atomic mass is 35.5. The number of unbranched alkanes of at least 4 members (excludes halogenated alkanes) is 5. The van der Waals surface area contributed by atoms with Gasteiger partial charge in [0, 0.05) is 17.6 Å². The third-order valence-corrected chi connectivity index (χ3v) is 5.90. The maximum absolute atomic E-state index is 6.51. The number of hydrogen-bond acceptors (Lipinski definition) is 3. The molecular weight excluding hydrogens is 441 g/mol. The van der Waals surface area contributed by atoms with E-state index in [4.69, 9.17) is 44.3 Å². The lowest BCUT2D eigenvalue weighted by Crippen LogP contribution is -2.15. The van der Waals surface area contributed by atoms with Gasteiger partial charge in [0.15, 0.2) is 11.5 Å². The van der Waals surface area contributed by atoms with E-state index in [1.54, 1.807) is 12.1 Å². The minimum Gasteiger partial charge on any atom is -0.490 e. The summed E-state index contributed by atoms with van der Waals surface area (Å²) in [7, 11) is 0. The highest BCUT2D eigenvalue weighted by Crippen LogP contribution is 2.34. The van der Waals surface area contributed by atoms with E-state index in [0.29, 0.717) is 46.3 Å². The van der Waals surface area contributed by atoms with Crippen molar-refractivity contribution < 1.29 is 9.47 Å². The van der Waals surface area contributed by atoms with Crippen LogP contribution in [0.5, 0.6) is 11.5 Å². The summed E-state index contributed by atoms with van der Waals surface area (Å²) in [6.45, 7) is 6.79. The molecule has 0 fully saturated rings. The maximum atomic E-state index is 6.51. The molecule has 0 bridgehead atoms. The Morgan fingerprint density at radius 3 is 2.23 bits per heavy atom. The Morgan fingerprint density at radius 2 is 1.50 bits per heavy atom. The van der Waals surface area contributed by atoms with Gasteiger partial charge in [-0.1, -0.05) is 79.9 Å². The molecule has 0 saturated carbocycles. The van der Waals surface area contributed by atoms with Gasteiger partial charge in [0.05, 0.1) is 16.7 Å². The molecule has 0 aliphatic rings. The van der Waals surface area contributed by atoms with Crippen molar-refractivity contribution in [1.82, 2.24) is 5.32 Å². The van der Waals surface area contributed by atoms with Crippen LogP contribution in [-0.2, 0) is 13.2 Å². The summed E-state index contributed by atoms with van der Waals surface area (Å²) in [6, 6.07) is 9.23. The Bertz CT molecular complexity index is 783. The van der Waals surface area contributed by atoms with Gasteiger partial charge in [0.2, 0.25) is 0 Å². The van der Waals surface area contributed by atoms with E-state index in [2.05, 4.69) is 12.2 Å². The van der Waals surface area contributed by atoms with Crippen LogP contribution in [0.1, 0.15) is 63.5 Å². The summed E-state index contributed by atoms with van der Waals surface area (Å²) in [5.41, 5.74) is 1.93. The Balaban J connectivity index is 1.91. The van der Waals surface area contributed by atoms with Crippen LogP contribution in [0.4, 0.5) is 0 Å². The van der Waals surface area contributed by atoms with E-state index in [9.17, 15) is 0 Å². The first-order valence-electron chi connectivity index (χ1n) is 10.8. The second-order valence-corrected chi connectivity index (χ2v) is 8.53. The molecule has 0 aromatic heterocycles. The molecule has 2 aromatic rings. The van der Waals surface area contributed by atoms with E-state index in [-0.39, 0.29) is 0 Å². The zero-order chi connectivity index (χ0) is 21.8. The number of halogens is 3. The second-order valence-electron chi connectivity index (χ2n) is 7.31. The molecule has 0 aliphatic heterocycles. The fraction of sp³-hybridized carbons (Fsp3) is 0.500. The molecule has 166 valence electrons. The monoisotopic (exact) mass is 471 g/mol. The molecule has 30 heavy (non-hydrogen) atoms. The highest BCUT2D eigenvalue weighted by Gasteiger charge is 2.12. The van der Waals surface area contributed by atoms with Crippen molar-refractivity contribution in [3.05, 3.63) is 56.5 Å². The first-order chi connectivity index (χ1) is 14.5. The average molecular weight is 473 g/mol. The van der Waals surface area contributed by atoms with E-state index in [1.165, 1.54) is 38.5 Å². The molecule has 0 spiro atoms. The Hall–Kier alpha value is -1.13. The van der Waals surface area contributed by atoms with Crippen molar-refractivity contribution in [3.63, 3.8) is 0 Å². The molecule has 0 heterocycles. The zero-order valence-electron chi connectivity index (χ0n) is 17.9. The quantitative estimate of drug-likeness (QED) is 0.282. The van der Waals surface area contributed by atoms with Crippen molar-refractivity contribution in [1.29, 1.82) is 0 Å². The molecule has 0 saturated heterocycles. The number of ether oxygens (including phenoxy) is 2. The van der Waals surface area contributed by atoms with Gasteiger partial charge in [-0.25, -0.2) is 0 Å². The van der Waals surface area contributed by atoms with Gasteiger partial charge in [0.1, 0.15) is 6.61 Å². The van der Waals surface area contributed by atoms with Gasteiger partial charge >= 0.3 is 0 Å². The Labute approximate surface area is 196 Å². The summed E-state index contributed by atoms with van der Waals surface area (Å²) in [4.78, 5) is 0. The predicted octanol–water partition coefficient (Wildman–Crippen LogP) is 8.07. The first kappa shape index (κ1) is 25.1. The molecule has 0 radical (unpaired) electrons. The minimum atomic E-state index is 0.350. The zero-order valence-corrected chi connectivity index (χ0v) is 20.2. The Kier molecular flexibility index (Phi) is 11.8. The third kappa shape index (κ3) is 8.55. The van der Waals surface area contributed by atoms with E-state index >= 15 is 0 Å². The maximum Gasteiger partial charge on any atom is 0.163 e. The van der Waals surface area contributed by atoms with Crippen LogP contribution in [-0.4, -0.2) is 13.2 Å². The summed E-state index contributed by atoms with van der Waals surface area (Å²) in [5.74, 6) is 1.31. The molecule has 6 heteroatoms. The molecule has 1 N–H and O–H groups in total. The number of benzene rings is 2. The van der Waals surface area contributed by atoms with Crippen LogP contribution < -0.4 is 14.8 Å². The lowest BCUT2D eigenvalue weighted by atomic mass is 10.1. The van der Waals surface area contributed by atoms with E-state index < -0.39 is 0 Å². The largest absolute Gasteiger partial charge is 0.490 e. The fourth-order valence-corrected chi connectivity index (χ4v) is 3.68. The van der Waals surface area contributed by atoms with Gasteiger partial charge in [-0.2, -0.15) is 0 Å². The summed E-state index contributed by atoms with van der Waals surface area (Å²) >= 11 is 18.6. The van der Waals surface area contributed by atoms with E-state index in [0.717, 1.165) is 17.7 Å². The normalized spacial score (nSPS) is 11.0. The smallest absolute Gasteiger partial charge is 0.163 e. The predicted molar refractivity (Wildman–Crippen MR) is 128 cm³/mol. The summed E-state index contributed by atoms with van der Waals surface area (Å²) in [5, 5.41) is 5.18. The van der Waals surface area contributed by atoms with Crippen LogP contribution in [0, 0.1) is 0 Å². The van der Waals surface area contributed by atoms with Gasteiger partial charge < -0.3 is 14.8 Å². The summed E-state index contributed by atoms with van der Waals surface area (Å²) in [6.07, 6.45) is 7.73. The first-order valence-corrected chi connectivity index (χ1v) is 11.9. The van der Waals surface area contributed by atoms with Crippen LogP contribution in [0.15, 0.2) is 30.3 Å². The van der Waals surface area contributed by atoms with Gasteiger partial charge in [-0.15, -0.1) is 0 Å². The third-order valence-electron chi connectivity index (χ3n) is 4.81. The molecule has 0 atom stereocenters. The van der Waals surface area contributed by atoms with Crippen LogP contribution in [0.2, 0.25) is 15.1 Å². The van der Waals surface area contributed by atoms with Crippen molar-refractivity contribution >= 4 is 34.8 Å². The fourth-order valence-electron chi connectivity index (χ4n) is 3.14. The number of nitrogens with one attached hydrogen (secondary N) is 1. The van der Waals surface area contributed by atoms with Crippen LogP contribution in [0.25, 0.3) is 0 Å². The number of hydrogen-bond donors (Lipinski definition) is 1.